The van der Waals surface area contributed by atoms with Crippen molar-refractivity contribution in [2.75, 3.05) is 37.8 Å². The van der Waals surface area contributed by atoms with E-state index in [0.717, 1.165) is 22.0 Å². The van der Waals surface area contributed by atoms with Gasteiger partial charge in [0, 0.05) is 83.1 Å². The van der Waals surface area contributed by atoms with Crippen molar-refractivity contribution in [2.45, 2.75) is 102 Å². The molecule has 282 valence electrons. The lowest BCUT2D eigenvalue weighted by Crippen LogP contribution is -2.48. The fraction of sp³-hybridized carbons (Fsp3) is 0.553. The average molecular weight is 744 g/mol. The zero-order chi connectivity index (χ0) is 37.5. The van der Waals surface area contributed by atoms with E-state index in [-0.39, 0.29) is 42.2 Å². The summed E-state index contributed by atoms with van der Waals surface area (Å²) in [5.41, 5.74) is 3.28. The molecule has 4 heterocycles. The lowest BCUT2D eigenvalue weighted by Gasteiger charge is -2.40. The van der Waals surface area contributed by atoms with Gasteiger partial charge in [0.25, 0.3) is 17.3 Å². The first-order valence-electron chi connectivity index (χ1n) is 17.8. The van der Waals surface area contributed by atoms with E-state index in [0.29, 0.717) is 72.5 Å². The second-order valence-corrected chi connectivity index (χ2v) is 15.4. The van der Waals surface area contributed by atoms with Crippen LogP contribution in [0.2, 0.25) is 0 Å². The smallest absolute Gasteiger partial charge is 0.401 e. The maximum Gasteiger partial charge on any atom is 0.401 e. The van der Waals surface area contributed by atoms with Gasteiger partial charge in [-0.2, -0.15) is 13.2 Å². The molecule has 0 radical (unpaired) electrons. The van der Waals surface area contributed by atoms with Crippen molar-refractivity contribution in [3.8, 4) is 22.6 Å². The predicted molar refractivity (Wildman–Crippen MR) is 195 cm³/mol. The van der Waals surface area contributed by atoms with Crippen LogP contribution in [0.4, 0.5) is 19.0 Å². The molecule has 3 aromatic rings. The van der Waals surface area contributed by atoms with Crippen molar-refractivity contribution in [2.24, 2.45) is 5.92 Å². The standard InChI is InChI=1S/C38H48F3N5O5S/c1-21-14-31(52-7)30(36(48)44-21)17-43-35(47)28-15-29(25-8-13-32(42-16-25)46-18-22(2)49-23(3)19-46)34-33(24(28)4)50-37(5,51-34)26-9-11-27(12-10-26)45(6)20-38(39,40)41/h8,13-16,22-23,26-27H,9-12,17-20H2,1-7H3,(H,43,47)(H,44,48)/t22-,23+,26-,27-,37-/m0/s1. The third-order valence-corrected chi connectivity index (χ3v) is 11.3. The molecule has 2 aromatic heterocycles. The number of halogens is 3. The largest absolute Gasteiger partial charge is 0.448 e. The molecule has 14 heteroatoms. The number of carbonyl (C=O) groups excluding carboxylic acids is 1. The maximum absolute atomic E-state index is 13.9. The van der Waals surface area contributed by atoms with Gasteiger partial charge in [0.05, 0.1) is 18.8 Å². The highest BCUT2D eigenvalue weighted by Gasteiger charge is 2.48. The zero-order valence-corrected chi connectivity index (χ0v) is 31.6. The normalized spacial score (nSPS) is 24.7. The third kappa shape index (κ3) is 8.08. The van der Waals surface area contributed by atoms with E-state index in [1.807, 2.05) is 59.1 Å². The summed E-state index contributed by atoms with van der Waals surface area (Å²) in [6.45, 7) is 10.1. The monoisotopic (exact) mass is 743 g/mol. The van der Waals surface area contributed by atoms with Crippen LogP contribution in [0.5, 0.6) is 11.5 Å². The molecule has 52 heavy (non-hydrogen) atoms. The van der Waals surface area contributed by atoms with E-state index in [1.165, 1.54) is 23.7 Å². The minimum absolute atomic E-state index is 0.0320. The second kappa shape index (κ2) is 14.9. The molecule has 1 aromatic carbocycles. The highest BCUT2D eigenvalue weighted by Crippen LogP contribution is 2.53. The number of aromatic amines is 1. The number of hydrogen-bond donors (Lipinski definition) is 2. The number of amides is 1. The molecule has 1 amide bonds. The summed E-state index contributed by atoms with van der Waals surface area (Å²) in [6.07, 6.45) is 1.93. The van der Waals surface area contributed by atoms with Crippen molar-refractivity contribution in [1.29, 1.82) is 0 Å². The highest BCUT2D eigenvalue weighted by atomic mass is 32.2. The highest BCUT2D eigenvalue weighted by molar-refractivity contribution is 7.98. The van der Waals surface area contributed by atoms with Crippen LogP contribution in [-0.4, -0.2) is 83.9 Å². The van der Waals surface area contributed by atoms with E-state index in [9.17, 15) is 22.8 Å². The van der Waals surface area contributed by atoms with Crippen LogP contribution >= 0.6 is 11.8 Å². The van der Waals surface area contributed by atoms with E-state index in [4.69, 9.17) is 19.2 Å². The number of H-pyrrole nitrogens is 1. The molecule has 1 saturated heterocycles. The minimum atomic E-state index is -4.26. The summed E-state index contributed by atoms with van der Waals surface area (Å²) >= 11 is 1.44. The van der Waals surface area contributed by atoms with Crippen LogP contribution in [-0.2, 0) is 11.3 Å². The molecule has 10 nitrogen and oxygen atoms in total. The molecular formula is C38H48F3N5O5S. The Balaban J connectivity index is 1.30. The van der Waals surface area contributed by atoms with Crippen LogP contribution < -0.4 is 25.2 Å². The Kier molecular flexibility index (Phi) is 10.9. The van der Waals surface area contributed by atoms with Gasteiger partial charge >= 0.3 is 6.18 Å². The lowest BCUT2D eigenvalue weighted by molar-refractivity contribution is -0.153. The number of aromatic nitrogens is 2. The van der Waals surface area contributed by atoms with E-state index >= 15 is 0 Å². The predicted octanol–water partition coefficient (Wildman–Crippen LogP) is 6.86. The Hall–Kier alpha value is -3.75. The number of nitrogens with one attached hydrogen (secondary N) is 2. The van der Waals surface area contributed by atoms with Crippen molar-refractivity contribution >= 4 is 23.5 Å². The van der Waals surface area contributed by atoms with Crippen LogP contribution in [0, 0.1) is 19.8 Å². The number of ether oxygens (including phenoxy) is 3. The summed E-state index contributed by atoms with van der Waals surface area (Å²) in [7, 11) is 1.53. The molecule has 0 spiro atoms. The number of nitrogens with zero attached hydrogens (tertiary/aromatic N) is 3. The molecule has 6 rings (SSSR count). The second-order valence-electron chi connectivity index (χ2n) is 14.6. The molecule has 3 aliphatic rings. The first kappa shape index (κ1) is 38.0. The first-order valence-corrected chi connectivity index (χ1v) is 19.0. The van der Waals surface area contributed by atoms with Gasteiger partial charge in [0.1, 0.15) is 5.82 Å². The molecule has 2 aliphatic heterocycles. The van der Waals surface area contributed by atoms with Crippen LogP contribution in [0.25, 0.3) is 11.1 Å². The molecular weight excluding hydrogens is 696 g/mol. The fourth-order valence-electron chi connectivity index (χ4n) is 7.85. The summed E-state index contributed by atoms with van der Waals surface area (Å²) in [5.74, 6) is 0.189. The summed E-state index contributed by atoms with van der Waals surface area (Å²) in [6, 6.07) is 7.39. The molecule has 3 atom stereocenters. The number of benzene rings is 1. The number of carbonyl (C=O) groups is 1. The number of pyridine rings is 2. The van der Waals surface area contributed by atoms with Crippen LogP contribution in [0.3, 0.4) is 0 Å². The Morgan fingerprint density at radius 2 is 1.77 bits per heavy atom. The van der Waals surface area contributed by atoms with Gasteiger partial charge in [-0.05, 0) is 90.9 Å². The van der Waals surface area contributed by atoms with Crippen LogP contribution in [0.15, 0.2) is 40.2 Å². The Bertz CT molecular complexity index is 1840. The number of fused-ring (bicyclic) bond motifs is 1. The van der Waals surface area contributed by atoms with Gasteiger partial charge in [0.2, 0.25) is 0 Å². The maximum atomic E-state index is 13.9. The van der Waals surface area contributed by atoms with E-state index in [1.54, 1.807) is 12.3 Å². The summed E-state index contributed by atoms with van der Waals surface area (Å²) in [5, 5.41) is 2.95. The fourth-order valence-corrected chi connectivity index (χ4v) is 8.56. The number of anilines is 1. The van der Waals surface area contributed by atoms with Gasteiger partial charge in [0.15, 0.2) is 11.5 Å². The number of hydrogen-bond acceptors (Lipinski definition) is 9. The lowest BCUT2D eigenvalue weighted by atomic mass is 9.81. The van der Waals surface area contributed by atoms with Gasteiger partial charge in [-0.1, -0.05) is 0 Å². The first-order chi connectivity index (χ1) is 24.5. The van der Waals surface area contributed by atoms with Gasteiger partial charge in [-0.15, -0.1) is 11.8 Å². The van der Waals surface area contributed by atoms with Crippen molar-refractivity contribution in [3.63, 3.8) is 0 Å². The molecule has 1 aliphatic carbocycles. The quantitative estimate of drug-likeness (QED) is 0.227. The van der Waals surface area contributed by atoms with Crippen molar-refractivity contribution in [3.05, 3.63) is 63.2 Å². The van der Waals surface area contributed by atoms with Crippen molar-refractivity contribution < 1.29 is 32.2 Å². The Morgan fingerprint density at radius 3 is 2.38 bits per heavy atom. The molecule has 1 saturated carbocycles. The van der Waals surface area contributed by atoms with Crippen molar-refractivity contribution in [1.82, 2.24) is 20.2 Å². The SMILES string of the molecule is CSc1cc(C)[nH]c(=O)c1CNC(=O)c1cc(-c2ccc(N3C[C@@H](C)O[C@@H](C)C3)nc2)c2c(c1C)O[C@](C)([C@H]1CC[C@H](N(C)CC(F)(F)F)CC1)O2. The topological polar surface area (TPSA) is 109 Å². The molecule has 0 unspecified atom stereocenters. The Morgan fingerprint density at radius 1 is 1.10 bits per heavy atom. The third-order valence-electron chi connectivity index (χ3n) is 10.5. The average Bonchev–Trinajstić information content (AvgIpc) is 3.45. The number of rotatable bonds is 9. The number of aryl methyl sites for hydroxylation is 1. The van der Waals surface area contributed by atoms with Gasteiger partial charge < -0.3 is 29.4 Å². The number of alkyl halides is 3. The molecule has 2 fully saturated rings. The van der Waals surface area contributed by atoms with Crippen LogP contribution in [0.1, 0.15) is 73.6 Å². The van der Waals surface area contributed by atoms with E-state index < -0.39 is 18.5 Å². The van der Waals surface area contributed by atoms with E-state index in [2.05, 4.69) is 15.2 Å². The molecule has 0 bridgehead atoms. The van der Waals surface area contributed by atoms with Gasteiger partial charge in [-0.25, -0.2) is 4.98 Å². The summed E-state index contributed by atoms with van der Waals surface area (Å²) < 4.78 is 58.6. The number of thioether (sulfide) groups is 1. The summed E-state index contributed by atoms with van der Waals surface area (Å²) in [4.78, 5) is 38.7. The minimum Gasteiger partial charge on any atom is -0.448 e. The molecule has 2 N–H and O–H groups in total. The zero-order valence-electron chi connectivity index (χ0n) is 30.8. The number of morpholine rings is 1. The van der Waals surface area contributed by atoms with Gasteiger partial charge in [-0.3, -0.25) is 14.5 Å². The Labute approximate surface area is 306 Å².